The van der Waals surface area contributed by atoms with E-state index in [9.17, 15) is 27.5 Å². The second-order valence-corrected chi connectivity index (χ2v) is 4.88. The second-order valence-electron chi connectivity index (χ2n) is 4.88. The maximum atomic E-state index is 13.6. The Morgan fingerprint density at radius 1 is 1.12 bits per heavy atom. The number of aromatic carboxylic acids is 1. The highest BCUT2D eigenvalue weighted by atomic mass is 19.4. The van der Waals surface area contributed by atoms with Gasteiger partial charge in [-0.1, -0.05) is 12.1 Å². The van der Waals surface area contributed by atoms with Gasteiger partial charge in [0.05, 0.1) is 5.56 Å². The maximum absolute atomic E-state index is 13.6. The van der Waals surface area contributed by atoms with E-state index in [2.05, 4.69) is 15.2 Å². The Morgan fingerprint density at radius 3 is 2.48 bits per heavy atom. The van der Waals surface area contributed by atoms with Crippen molar-refractivity contribution in [2.24, 2.45) is 10.2 Å². The molecule has 2 aromatic heterocycles. The number of hydrogen-bond donors (Lipinski definition) is 1. The smallest absolute Gasteiger partial charge is 0.417 e. The zero-order valence-corrected chi connectivity index (χ0v) is 12.2. The molecule has 0 bridgehead atoms. The van der Waals surface area contributed by atoms with E-state index < -0.39 is 35.0 Å². The van der Waals surface area contributed by atoms with Crippen molar-refractivity contribution in [2.75, 3.05) is 0 Å². The van der Waals surface area contributed by atoms with E-state index in [-0.39, 0.29) is 11.3 Å². The van der Waals surface area contributed by atoms with Crippen LogP contribution in [0.4, 0.5) is 29.1 Å². The summed E-state index contributed by atoms with van der Waals surface area (Å²) in [6.45, 7) is 0. The van der Waals surface area contributed by atoms with E-state index in [1.54, 1.807) is 0 Å². The van der Waals surface area contributed by atoms with Gasteiger partial charge in [0.2, 0.25) is 0 Å². The highest BCUT2D eigenvalue weighted by molar-refractivity contribution is 5.91. The average molecular weight is 352 g/mol. The lowest BCUT2D eigenvalue weighted by Crippen LogP contribution is -2.06. The molecule has 10 heteroatoms. The van der Waals surface area contributed by atoms with Gasteiger partial charge in [0, 0.05) is 6.20 Å². The normalized spacial score (nSPS) is 12.2. The fraction of sp³-hybridized carbons (Fsp3) is 0.0667. The number of nitrogens with zero attached hydrogens (tertiary/aromatic N) is 4. The molecule has 0 saturated heterocycles. The number of imidazole rings is 1. The summed E-state index contributed by atoms with van der Waals surface area (Å²) >= 11 is 0. The molecule has 25 heavy (non-hydrogen) atoms. The summed E-state index contributed by atoms with van der Waals surface area (Å²) in [7, 11) is 0. The van der Waals surface area contributed by atoms with Crippen molar-refractivity contribution >= 4 is 23.1 Å². The minimum absolute atomic E-state index is 0.0621. The van der Waals surface area contributed by atoms with Crippen molar-refractivity contribution in [2.45, 2.75) is 6.18 Å². The SMILES string of the molecule is O=C(O)c1nc2ccc(C(F)(F)F)cn2c1N=Nc1ccccc1F. The van der Waals surface area contributed by atoms with Crippen LogP contribution < -0.4 is 0 Å². The van der Waals surface area contributed by atoms with Crippen LogP contribution in [0.15, 0.2) is 52.8 Å². The molecule has 0 aliphatic rings. The van der Waals surface area contributed by atoms with Crippen molar-refractivity contribution in [1.82, 2.24) is 9.38 Å². The van der Waals surface area contributed by atoms with Gasteiger partial charge in [0.1, 0.15) is 11.3 Å². The van der Waals surface area contributed by atoms with E-state index in [4.69, 9.17) is 0 Å². The summed E-state index contributed by atoms with van der Waals surface area (Å²) in [4.78, 5) is 15.0. The van der Waals surface area contributed by atoms with E-state index in [0.29, 0.717) is 6.20 Å². The fourth-order valence-corrected chi connectivity index (χ4v) is 2.07. The van der Waals surface area contributed by atoms with Crippen LogP contribution in [0.5, 0.6) is 0 Å². The number of alkyl halides is 3. The zero-order chi connectivity index (χ0) is 18.2. The monoisotopic (exact) mass is 352 g/mol. The number of halogens is 4. The van der Waals surface area contributed by atoms with Crippen LogP contribution in [0.2, 0.25) is 0 Å². The van der Waals surface area contributed by atoms with Gasteiger partial charge in [-0.15, -0.1) is 10.2 Å². The van der Waals surface area contributed by atoms with Crippen molar-refractivity contribution in [3.8, 4) is 0 Å². The lowest BCUT2D eigenvalue weighted by atomic mass is 10.3. The Kier molecular flexibility index (Phi) is 3.95. The molecular formula is C15H8F4N4O2. The number of pyridine rings is 1. The number of carbonyl (C=O) groups is 1. The summed E-state index contributed by atoms with van der Waals surface area (Å²) in [5.74, 6) is -2.66. The summed E-state index contributed by atoms with van der Waals surface area (Å²) in [6, 6.07) is 7.07. The molecule has 0 fully saturated rings. The van der Waals surface area contributed by atoms with Crippen LogP contribution >= 0.6 is 0 Å². The molecule has 0 amide bonds. The number of hydrogen-bond acceptors (Lipinski definition) is 4. The van der Waals surface area contributed by atoms with Crippen LogP contribution in [0.25, 0.3) is 5.65 Å². The molecule has 128 valence electrons. The van der Waals surface area contributed by atoms with Crippen molar-refractivity contribution in [1.29, 1.82) is 0 Å². The molecule has 2 heterocycles. The molecule has 1 aromatic carbocycles. The fourth-order valence-electron chi connectivity index (χ4n) is 2.07. The maximum Gasteiger partial charge on any atom is 0.417 e. The van der Waals surface area contributed by atoms with Crippen LogP contribution in [0.1, 0.15) is 16.1 Å². The van der Waals surface area contributed by atoms with Crippen molar-refractivity contribution in [3.05, 3.63) is 59.7 Å². The molecule has 0 spiro atoms. The Hall–Kier alpha value is -3.30. The summed E-state index contributed by atoms with van der Waals surface area (Å²) in [6.07, 6.45) is -3.98. The highest BCUT2D eigenvalue weighted by Gasteiger charge is 2.31. The Balaban J connectivity index is 2.18. The van der Waals surface area contributed by atoms with E-state index in [0.717, 1.165) is 22.6 Å². The van der Waals surface area contributed by atoms with Crippen LogP contribution in [0.3, 0.4) is 0 Å². The molecule has 0 aliphatic carbocycles. The molecular weight excluding hydrogens is 344 g/mol. The predicted octanol–water partition coefficient (Wildman–Crippen LogP) is 4.61. The second kappa shape index (κ2) is 5.96. The van der Waals surface area contributed by atoms with Crippen LogP contribution in [-0.2, 0) is 6.18 Å². The third-order valence-corrected chi connectivity index (χ3v) is 3.23. The molecule has 1 N–H and O–H groups in total. The number of fused-ring (bicyclic) bond motifs is 1. The Labute approximate surface area is 137 Å². The number of benzene rings is 1. The quantitative estimate of drug-likeness (QED) is 0.552. The first-order valence-corrected chi connectivity index (χ1v) is 6.76. The summed E-state index contributed by atoms with van der Waals surface area (Å²) in [5.41, 5.74) is -1.87. The van der Waals surface area contributed by atoms with Gasteiger partial charge in [-0.05, 0) is 24.3 Å². The standard InChI is InChI=1S/C15H8F4N4O2/c16-9-3-1-2-4-10(9)21-22-13-12(14(24)25)20-11-6-5-8(7-23(11)13)15(17,18)19/h1-7H,(H,24,25). The highest BCUT2D eigenvalue weighted by Crippen LogP contribution is 2.32. The molecule has 0 aliphatic heterocycles. The molecule has 3 rings (SSSR count). The number of carboxylic acid groups (broad SMARTS) is 1. The number of rotatable bonds is 3. The first kappa shape index (κ1) is 16.6. The zero-order valence-electron chi connectivity index (χ0n) is 12.2. The minimum Gasteiger partial charge on any atom is -0.476 e. The van der Waals surface area contributed by atoms with Gasteiger partial charge in [-0.25, -0.2) is 14.2 Å². The summed E-state index contributed by atoms with van der Waals surface area (Å²) in [5, 5.41) is 16.4. The molecule has 0 saturated carbocycles. The molecule has 0 atom stereocenters. The largest absolute Gasteiger partial charge is 0.476 e. The van der Waals surface area contributed by atoms with Crippen molar-refractivity contribution < 1.29 is 27.5 Å². The van der Waals surface area contributed by atoms with E-state index in [1.165, 1.54) is 18.2 Å². The van der Waals surface area contributed by atoms with Crippen molar-refractivity contribution in [3.63, 3.8) is 0 Å². The van der Waals surface area contributed by atoms with Gasteiger partial charge >= 0.3 is 12.1 Å². The first-order valence-electron chi connectivity index (χ1n) is 6.76. The lowest BCUT2D eigenvalue weighted by molar-refractivity contribution is -0.137. The Morgan fingerprint density at radius 2 is 1.84 bits per heavy atom. The third-order valence-electron chi connectivity index (χ3n) is 3.23. The lowest BCUT2D eigenvalue weighted by Gasteiger charge is -2.06. The van der Waals surface area contributed by atoms with Gasteiger partial charge in [-0.2, -0.15) is 13.2 Å². The van der Waals surface area contributed by atoms with Gasteiger partial charge in [-0.3, -0.25) is 4.40 Å². The topological polar surface area (TPSA) is 79.3 Å². The third kappa shape index (κ3) is 3.18. The van der Waals surface area contributed by atoms with Gasteiger partial charge in [0.25, 0.3) is 0 Å². The summed E-state index contributed by atoms with van der Waals surface area (Å²) < 4.78 is 53.0. The van der Waals surface area contributed by atoms with Gasteiger partial charge in [0.15, 0.2) is 17.3 Å². The minimum atomic E-state index is -4.64. The molecule has 3 aromatic rings. The molecule has 6 nitrogen and oxygen atoms in total. The number of azo groups is 1. The average Bonchev–Trinajstić information content (AvgIpc) is 2.91. The first-order chi connectivity index (χ1) is 11.8. The van der Waals surface area contributed by atoms with Crippen LogP contribution in [0, 0.1) is 5.82 Å². The van der Waals surface area contributed by atoms with Crippen LogP contribution in [-0.4, -0.2) is 20.5 Å². The predicted molar refractivity (Wildman–Crippen MR) is 77.7 cm³/mol. The molecule has 0 unspecified atom stereocenters. The number of carboxylic acids is 1. The van der Waals surface area contributed by atoms with E-state index in [1.807, 2.05) is 0 Å². The number of aromatic nitrogens is 2. The van der Waals surface area contributed by atoms with E-state index >= 15 is 0 Å². The Bertz CT molecular complexity index is 995. The molecule has 0 radical (unpaired) electrons. The van der Waals surface area contributed by atoms with Gasteiger partial charge < -0.3 is 5.11 Å².